The van der Waals surface area contributed by atoms with Crippen molar-refractivity contribution in [1.82, 2.24) is 5.32 Å². The normalized spacial score (nSPS) is 27.6. The number of nitrogens with one attached hydrogen (secondary N) is 1. The third-order valence-electron chi connectivity index (χ3n) is 7.32. The van der Waals surface area contributed by atoms with Gasteiger partial charge in [-0.25, -0.2) is 9.79 Å². The average Bonchev–Trinajstić information content (AvgIpc) is 3.51. The third kappa shape index (κ3) is 8.96. The number of hydrogen-bond acceptors (Lipinski definition) is 11. The molecule has 0 spiro atoms. The number of nitrogens with zero attached hydrogens (tertiary/aromatic N) is 1. The fourth-order valence-electron chi connectivity index (χ4n) is 4.95. The second-order valence-electron chi connectivity index (χ2n) is 10.3. The first kappa shape index (κ1) is 32.9. The molecule has 12 heteroatoms. The monoisotopic (exact) mass is 588 g/mol. The minimum absolute atomic E-state index is 0.0229. The molecule has 12 nitrogen and oxygen atoms in total. The second-order valence-corrected chi connectivity index (χ2v) is 10.3. The summed E-state index contributed by atoms with van der Waals surface area (Å²) in [5.74, 6) is -1.24. The first-order valence-electron chi connectivity index (χ1n) is 14.0. The van der Waals surface area contributed by atoms with Crippen molar-refractivity contribution >= 4 is 23.7 Å². The smallest absolute Gasteiger partial charge is 0.342 e. The van der Waals surface area contributed by atoms with Gasteiger partial charge < -0.3 is 40.0 Å². The zero-order valence-electron chi connectivity index (χ0n) is 24.0. The number of amides is 1. The van der Waals surface area contributed by atoms with E-state index in [1.807, 2.05) is 19.9 Å². The van der Waals surface area contributed by atoms with Gasteiger partial charge >= 0.3 is 11.9 Å². The zero-order valence-corrected chi connectivity index (χ0v) is 24.0. The molecule has 5 N–H and O–H groups in total. The predicted octanol–water partition coefficient (Wildman–Crippen LogP) is 1.62. The number of aliphatic imine (C=N–C) groups is 1. The van der Waals surface area contributed by atoms with E-state index >= 15 is 0 Å². The molecular formula is C30H40N2O10. The molecule has 1 aliphatic carbocycles. The number of ether oxygens (including phenoxy) is 3. The fraction of sp³-hybridized carbons (Fsp3) is 0.533. The van der Waals surface area contributed by atoms with Gasteiger partial charge in [0.25, 0.3) is 0 Å². The Morgan fingerprint density at radius 1 is 1.12 bits per heavy atom. The van der Waals surface area contributed by atoms with Crippen LogP contribution in [0.1, 0.15) is 50.4 Å². The van der Waals surface area contributed by atoms with Crippen LogP contribution in [0.5, 0.6) is 5.75 Å². The first-order valence-corrected chi connectivity index (χ1v) is 14.0. The summed E-state index contributed by atoms with van der Waals surface area (Å²) in [4.78, 5) is 40.4. The van der Waals surface area contributed by atoms with Crippen LogP contribution in [0.3, 0.4) is 0 Å². The van der Waals surface area contributed by atoms with Crippen LogP contribution >= 0.6 is 0 Å². The average molecular weight is 589 g/mol. The van der Waals surface area contributed by atoms with Crippen molar-refractivity contribution in [3.63, 3.8) is 0 Å². The number of amidine groups is 1. The van der Waals surface area contributed by atoms with E-state index in [1.54, 1.807) is 24.3 Å². The van der Waals surface area contributed by atoms with Crippen LogP contribution in [-0.2, 0) is 23.8 Å². The van der Waals surface area contributed by atoms with E-state index in [9.17, 15) is 34.8 Å². The Labute approximate surface area is 244 Å². The van der Waals surface area contributed by atoms with Gasteiger partial charge in [0.05, 0.1) is 12.7 Å². The Morgan fingerprint density at radius 3 is 2.48 bits per heavy atom. The number of benzene rings is 1. The maximum absolute atomic E-state index is 12.1. The van der Waals surface area contributed by atoms with Gasteiger partial charge in [-0.3, -0.25) is 9.59 Å². The van der Waals surface area contributed by atoms with Crippen molar-refractivity contribution in [2.75, 3.05) is 19.8 Å². The molecule has 42 heavy (non-hydrogen) atoms. The molecule has 1 heterocycles. The number of para-hydroxylation sites is 1. The van der Waals surface area contributed by atoms with Gasteiger partial charge in [-0.2, -0.15) is 0 Å². The number of aliphatic hydroxyl groups excluding tert-OH is 3. The summed E-state index contributed by atoms with van der Waals surface area (Å²) >= 11 is 0. The molecule has 0 aromatic heterocycles. The summed E-state index contributed by atoms with van der Waals surface area (Å²) in [6.45, 7) is 4.61. The Kier molecular flexibility index (Phi) is 12.2. The van der Waals surface area contributed by atoms with Crippen LogP contribution in [0.15, 0.2) is 53.2 Å². The molecule has 1 saturated heterocycles. The van der Waals surface area contributed by atoms with Crippen molar-refractivity contribution in [2.24, 2.45) is 22.7 Å². The van der Waals surface area contributed by atoms with Crippen molar-refractivity contribution in [3.8, 4) is 5.75 Å². The van der Waals surface area contributed by atoms with Crippen molar-refractivity contribution < 1.29 is 49.0 Å². The minimum Gasteiger partial charge on any atom is -0.507 e. The molecular weight excluding hydrogens is 548 g/mol. The molecule has 0 radical (unpaired) electrons. The Bertz CT molecular complexity index is 1200. The molecule has 1 aromatic carbocycles. The number of rotatable bonds is 13. The Balaban J connectivity index is 1.49. The number of phenols is 1. The van der Waals surface area contributed by atoms with Gasteiger partial charge in [-0.05, 0) is 48.8 Å². The first-order chi connectivity index (χ1) is 20.1. The van der Waals surface area contributed by atoms with Crippen LogP contribution in [0.25, 0.3) is 0 Å². The van der Waals surface area contributed by atoms with Crippen LogP contribution in [0, 0.1) is 17.8 Å². The molecule has 230 valence electrons. The summed E-state index contributed by atoms with van der Waals surface area (Å²) in [5, 5.41) is 42.2. The number of carbonyl (C=O) groups is 3. The van der Waals surface area contributed by atoms with Crippen LogP contribution < -0.4 is 5.32 Å². The van der Waals surface area contributed by atoms with E-state index in [0.717, 1.165) is 0 Å². The highest BCUT2D eigenvalue weighted by Crippen LogP contribution is 2.52. The Morgan fingerprint density at radius 2 is 1.83 bits per heavy atom. The highest BCUT2D eigenvalue weighted by molar-refractivity contribution is 6.04. The number of esters is 2. The van der Waals surface area contributed by atoms with Crippen molar-refractivity contribution in [3.05, 3.63) is 53.8 Å². The third-order valence-corrected chi connectivity index (χ3v) is 7.32. The predicted molar refractivity (Wildman–Crippen MR) is 151 cm³/mol. The Hall–Kier alpha value is -3.58. The minimum atomic E-state index is -1.14. The quantitative estimate of drug-likeness (QED) is 0.0982. The number of aromatic hydroxyl groups is 1. The lowest BCUT2D eigenvalue weighted by Gasteiger charge is -2.14. The van der Waals surface area contributed by atoms with Gasteiger partial charge in [-0.1, -0.05) is 38.1 Å². The van der Waals surface area contributed by atoms with E-state index in [1.165, 1.54) is 19.1 Å². The lowest BCUT2D eigenvalue weighted by atomic mass is 10.0. The summed E-state index contributed by atoms with van der Waals surface area (Å²) in [6.07, 6.45) is 2.66. The molecule has 1 saturated carbocycles. The molecule has 3 rings (SSSR count). The van der Waals surface area contributed by atoms with E-state index in [-0.39, 0.29) is 61.2 Å². The summed E-state index contributed by atoms with van der Waals surface area (Å²) in [5.41, 5.74) is 0.677. The molecule has 7 atom stereocenters. The number of carbonyl (C=O) groups excluding carboxylic acids is 3. The van der Waals surface area contributed by atoms with Crippen LogP contribution in [0.2, 0.25) is 0 Å². The van der Waals surface area contributed by atoms with Crippen LogP contribution in [0.4, 0.5) is 0 Å². The van der Waals surface area contributed by atoms with Gasteiger partial charge in [-0.15, -0.1) is 0 Å². The lowest BCUT2D eigenvalue weighted by molar-refractivity contribution is -0.144. The molecule has 0 bridgehead atoms. The maximum Gasteiger partial charge on any atom is 0.342 e. The van der Waals surface area contributed by atoms with E-state index < -0.39 is 36.4 Å². The summed E-state index contributed by atoms with van der Waals surface area (Å²) in [6, 6.07) is 5.98. The van der Waals surface area contributed by atoms with E-state index in [0.29, 0.717) is 24.4 Å². The van der Waals surface area contributed by atoms with E-state index in [2.05, 4.69) is 10.3 Å². The van der Waals surface area contributed by atoms with Gasteiger partial charge in [0.1, 0.15) is 48.7 Å². The largest absolute Gasteiger partial charge is 0.507 e. The highest BCUT2D eigenvalue weighted by Gasteiger charge is 2.57. The highest BCUT2D eigenvalue weighted by atomic mass is 16.6. The summed E-state index contributed by atoms with van der Waals surface area (Å²) in [7, 11) is 0. The van der Waals surface area contributed by atoms with Crippen LogP contribution in [-0.4, -0.2) is 88.3 Å². The number of aliphatic hydroxyl groups is 3. The number of allylic oxidation sites excluding steroid dienone is 3. The topological polar surface area (TPSA) is 184 Å². The number of hydrogen-bond donors (Lipinski definition) is 5. The van der Waals surface area contributed by atoms with Gasteiger partial charge in [0.15, 0.2) is 0 Å². The SMILES string of the molecule is CCC(=C\CCC(=O)OCCOC(=O)c1ccccc1O)/N=C(/C=C\C1C(C)C1C1OC(CO)C(O)C1O)NC(C)=O. The van der Waals surface area contributed by atoms with Gasteiger partial charge in [0, 0.05) is 19.0 Å². The fourth-order valence-corrected chi connectivity index (χ4v) is 4.95. The molecule has 1 aliphatic heterocycles. The zero-order chi connectivity index (χ0) is 30.8. The van der Waals surface area contributed by atoms with Gasteiger partial charge in [0.2, 0.25) is 5.91 Å². The molecule has 7 unspecified atom stereocenters. The van der Waals surface area contributed by atoms with E-state index in [4.69, 9.17) is 14.2 Å². The van der Waals surface area contributed by atoms with Crippen molar-refractivity contribution in [1.29, 1.82) is 0 Å². The van der Waals surface area contributed by atoms with Crippen molar-refractivity contribution in [2.45, 2.75) is 64.4 Å². The second kappa shape index (κ2) is 15.6. The molecule has 1 aromatic rings. The molecule has 2 aliphatic rings. The maximum atomic E-state index is 12.1. The standard InChI is InChI=1S/C30H40N2O10/c1-4-19(8-7-11-25(36)40-14-15-41-30(39)21-9-5-6-10-22(21)35)32-24(31-18(3)34)13-12-20-17(2)26(20)29-28(38)27(37)23(16-33)42-29/h5-6,8-10,12-13,17,20,23,26-29,33,35,37-38H,4,7,11,14-16H2,1-3H3,(H,31,32,34)/b13-12-,19-8+. The lowest BCUT2D eigenvalue weighted by Crippen LogP contribution is -2.34. The summed E-state index contributed by atoms with van der Waals surface area (Å²) < 4.78 is 15.8. The molecule has 2 fully saturated rings. The number of phenolic OH excluding ortho intramolecular Hbond substituents is 1. The molecule has 1 amide bonds.